The minimum absolute atomic E-state index is 0. The minimum Gasteiger partial charge on any atom is -0.359 e. The molecule has 1 N–H and O–H groups in total. The fourth-order valence-electron chi connectivity index (χ4n) is 3.14. The molecule has 0 saturated heterocycles. The molecule has 5 heteroatoms. The first-order valence-corrected chi connectivity index (χ1v) is 8.22. The molecule has 0 bridgehead atoms. The second-order valence-electron chi connectivity index (χ2n) is 5.96. The minimum atomic E-state index is -0.226. The number of hydrogen-bond acceptors (Lipinski definition) is 3. The monoisotopic (exact) mass is 340 g/mol. The summed E-state index contributed by atoms with van der Waals surface area (Å²) in [5.74, 6) is -0.438. The van der Waals surface area contributed by atoms with Gasteiger partial charge in [-0.3, -0.25) is 19.3 Å². The molecule has 1 aliphatic heterocycles. The number of hydrogen-bond donors (Lipinski definition) is 1. The Labute approximate surface area is 148 Å². The number of imide groups is 1. The normalized spacial score (nSPS) is 12.9. The number of unbranched alkanes of at least 4 members (excludes halogenated alkanes) is 2. The number of benzene rings is 2. The maximum atomic E-state index is 12.7. The van der Waals surface area contributed by atoms with Gasteiger partial charge in [0.1, 0.15) is 0 Å². The van der Waals surface area contributed by atoms with Crippen LogP contribution >= 0.6 is 0 Å². The zero-order valence-corrected chi connectivity index (χ0v) is 13.7. The van der Waals surface area contributed by atoms with Crippen molar-refractivity contribution in [2.75, 3.05) is 13.6 Å². The molecule has 0 radical (unpaired) electrons. The van der Waals surface area contributed by atoms with Crippen molar-refractivity contribution >= 4 is 28.5 Å². The number of carbonyl (C=O) groups excluding carboxylic acids is 3. The van der Waals surface area contributed by atoms with E-state index in [1.54, 1.807) is 19.2 Å². The van der Waals surface area contributed by atoms with Gasteiger partial charge in [0.25, 0.3) is 11.8 Å². The van der Waals surface area contributed by atoms with Gasteiger partial charge in [-0.15, -0.1) is 0 Å². The second-order valence-corrected chi connectivity index (χ2v) is 5.96. The molecule has 0 fully saturated rings. The average molecular weight is 340 g/mol. The molecule has 1 aliphatic rings. The highest BCUT2D eigenvalue weighted by molar-refractivity contribution is 6.25. The lowest BCUT2D eigenvalue weighted by Crippen LogP contribution is -2.40. The van der Waals surface area contributed by atoms with E-state index in [1.807, 2.05) is 24.3 Å². The van der Waals surface area contributed by atoms with Gasteiger partial charge in [-0.05, 0) is 30.4 Å². The van der Waals surface area contributed by atoms with Crippen molar-refractivity contribution < 1.29 is 14.4 Å². The summed E-state index contributed by atoms with van der Waals surface area (Å²) in [5, 5.41) is 4.25. The van der Waals surface area contributed by atoms with Crippen molar-refractivity contribution in [1.29, 1.82) is 0 Å². The van der Waals surface area contributed by atoms with Gasteiger partial charge in [0.05, 0.1) is 0 Å². The van der Waals surface area contributed by atoms with Crippen LogP contribution in [0, 0.1) is 0 Å². The molecule has 2 aromatic carbocycles. The quantitative estimate of drug-likeness (QED) is 0.647. The van der Waals surface area contributed by atoms with Crippen LogP contribution in [0.5, 0.6) is 0 Å². The van der Waals surface area contributed by atoms with Gasteiger partial charge in [0.15, 0.2) is 0 Å². The Morgan fingerprint density at radius 2 is 1.56 bits per heavy atom. The Balaban J connectivity index is 0.00000225. The van der Waals surface area contributed by atoms with E-state index in [0.717, 1.165) is 23.6 Å². The van der Waals surface area contributed by atoms with Crippen molar-refractivity contribution in [2.24, 2.45) is 0 Å². The van der Waals surface area contributed by atoms with Crippen LogP contribution in [0.15, 0.2) is 36.4 Å². The van der Waals surface area contributed by atoms with E-state index in [4.69, 9.17) is 0 Å². The zero-order chi connectivity index (χ0) is 17.1. The van der Waals surface area contributed by atoms with Gasteiger partial charge in [0, 0.05) is 36.5 Å². The average Bonchev–Trinajstić information content (AvgIpc) is 2.61. The summed E-state index contributed by atoms with van der Waals surface area (Å²) in [7, 11) is 1.62. The van der Waals surface area contributed by atoms with E-state index >= 15 is 0 Å². The summed E-state index contributed by atoms with van der Waals surface area (Å²) in [6.45, 7) is 0.385. The largest absolute Gasteiger partial charge is 0.359 e. The van der Waals surface area contributed by atoms with Crippen LogP contribution in [0.3, 0.4) is 0 Å². The van der Waals surface area contributed by atoms with Crippen LogP contribution in [0.25, 0.3) is 10.8 Å². The number of amides is 3. The molecule has 3 amide bonds. The highest BCUT2D eigenvalue weighted by Gasteiger charge is 2.31. The summed E-state index contributed by atoms with van der Waals surface area (Å²) in [6.07, 6.45) is 2.73. The summed E-state index contributed by atoms with van der Waals surface area (Å²) in [5.41, 5.74) is 1.18. The van der Waals surface area contributed by atoms with E-state index in [-0.39, 0.29) is 25.1 Å². The molecule has 5 nitrogen and oxygen atoms in total. The Kier molecular flexibility index (Phi) is 5.91. The predicted molar refractivity (Wildman–Crippen MR) is 98.6 cm³/mol. The molecule has 132 valence electrons. The van der Waals surface area contributed by atoms with E-state index < -0.39 is 0 Å². The topological polar surface area (TPSA) is 66.5 Å². The lowest BCUT2D eigenvalue weighted by Gasteiger charge is -2.27. The summed E-state index contributed by atoms with van der Waals surface area (Å²) < 4.78 is 0. The maximum absolute atomic E-state index is 12.7. The predicted octanol–water partition coefficient (Wildman–Crippen LogP) is 3.38. The highest BCUT2D eigenvalue weighted by Crippen LogP contribution is 2.30. The van der Waals surface area contributed by atoms with E-state index in [1.165, 1.54) is 4.90 Å². The van der Waals surface area contributed by atoms with Crippen molar-refractivity contribution in [1.82, 2.24) is 10.2 Å². The van der Waals surface area contributed by atoms with Crippen molar-refractivity contribution in [3.05, 3.63) is 47.5 Å². The second kappa shape index (κ2) is 7.92. The summed E-state index contributed by atoms with van der Waals surface area (Å²) in [4.78, 5) is 37.9. The van der Waals surface area contributed by atoms with Gasteiger partial charge in [-0.25, -0.2) is 0 Å². The molecule has 0 unspecified atom stereocenters. The van der Waals surface area contributed by atoms with Gasteiger partial charge in [0.2, 0.25) is 5.91 Å². The number of rotatable bonds is 6. The zero-order valence-electron chi connectivity index (χ0n) is 13.7. The van der Waals surface area contributed by atoms with Gasteiger partial charge < -0.3 is 5.32 Å². The lowest BCUT2D eigenvalue weighted by molar-refractivity contribution is -0.120. The van der Waals surface area contributed by atoms with E-state index in [2.05, 4.69) is 5.32 Å². The Morgan fingerprint density at radius 3 is 2.12 bits per heavy atom. The number of carbonyl (C=O) groups is 3. The van der Waals surface area contributed by atoms with E-state index in [0.29, 0.717) is 30.5 Å². The number of nitrogens with one attached hydrogen (secondary N) is 1. The first-order valence-electron chi connectivity index (χ1n) is 8.22. The molecule has 25 heavy (non-hydrogen) atoms. The molecule has 2 aromatic rings. The third-order valence-corrected chi connectivity index (χ3v) is 4.42. The molecule has 0 aromatic heterocycles. The fraction of sp³-hybridized carbons (Fsp3) is 0.350. The van der Waals surface area contributed by atoms with Crippen LogP contribution in [-0.4, -0.2) is 36.2 Å². The van der Waals surface area contributed by atoms with Crippen LogP contribution in [0.4, 0.5) is 0 Å². The smallest absolute Gasteiger partial charge is 0.261 e. The molecule has 3 rings (SSSR count). The van der Waals surface area contributed by atoms with Gasteiger partial charge in [-0.2, -0.15) is 0 Å². The van der Waals surface area contributed by atoms with Crippen LogP contribution in [0.2, 0.25) is 0 Å². The summed E-state index contributed by atoms with van der Waals surface area (Å²) in [6, 6.07) is 11.1. The molecule has 0 atom stereocenters. The van der Waals surface area contributed by atoms with Crippen molar-refractivity contribution in [3.63, 3.8) is 0 Å². The van der Waals surface area contributed by atoms with Crippen molar-refractivity contribution in [3.8, 4) is 0 Å². The number of nitrogens with zero attached hydrogens (tertiary/aromatic N) is 1. The Hall–Kier alpha value is -2.69. The fourth-order valence-corrected chi connectivity index (χ4v) is 3.14. The maximum Gasteiger partial charge on any atom is 0.261 e. The lowest BCUT2D eigenvalue weighted by atomic mass is 9.94. The molecule has 0 aliphatic carbocycles. The SMILES string of the molecule is C.CNC(=O)CCCCCN1C(=O)c2cccc3cccc(c23)C1=O. The Morgan fingerprint density at radius 1 is 0.960 bits per heavy atom. The van der Waals surface area contributed by atoms with E-state index in [9.17, 15) is 14.4 Å². The molecular weight excluding hydrogens is 316 g/mol. The third kappa shape index (κ3) is 3.55. The highest BCUT2D eigenvalue weighted by atomic mass is 16.2. The first kappa shape index (κ1) is 18.6. The van der Waals surface area contributed by atoms with Crippen LogP contribution in [-0.2, 0) is 4.79 Å². The van der Waals surface area contributed by atoms with Crippen LogP contribution in [0.1, 0.15) is 53.8 Å². The standard InChI is InChI=1S/C19H20N2O3.CH4/c1-20-16(22)11-3-2-4-12-21-18(23)14-9-5-7-13-8-6-10-15(17(13)14)19(21)24;/h5-10H,2-4,11-12H2,1H3,(H,20,22);1H4. The molecule has 0 saturated carbocycles. The molecule has 1 heterocycles. The summed E-state index contributed by atoms with van der Waals surface area (Å²) >= 11 is 0. The molecule has 0 spiro atoms. The van der Waals surface area contributed by atoms with Gasteiger partial charge in [-0.1, -0.05) is 38.1 Å². The van der Waals surface area contributed by atoms with Crippen LogP contribution < -0.4 is 5.32 Å². The first-order chi connectivity index (χ1) is 11.6. The van der Waals surface area contributed by atoms with Gasteiger partial charge >= 0.3 is 0 Å². The Bertz CT molecular complexity index is 763. The van der Waals surface area contributed by atoms with Crippen molar-refractivity contribution in [2.45, 2.75) is 33.1 Å². The molecular formula is C20H24N2O3. The third-order valence-electron chi connectivity index (χ3n) is 4.42.